The number of carbonyl (C=O) groups excluding carboxylic acids is 1. The second-order valence-corrected chi connectivity index (χ2v) is 8.01. The third-order valence-corrected chi connectivity index (χ3v) is 5.88. The van der Waals surface area contributed by atoms with Crippen LogP contribution in [0.1, 0.15) is 44.5 Å². The molecule has 0 spiro atoms. The standard InChI is InChI=1S/C25H28N4O2/c1-17-14-23(19(3)28(17)15-22-12-9-13-31-22)25(30)27(5)16-24-18(2)26-29(20(24)4)21-10-7-6-8-11-21/h6-14H,15-16H2,1-5H3. The molecule has 0 radical (unpaired) electrons. The molecule has 0 unspecified atom stereocenters. The molecule has 6 heteroatoms. The summed E-state index contributed by atoms with van der Waals surface area (Å²) < 4.78 is 9.54. The molecule has 4 rings (SSSR count). The van der Waals surface area contributed by atoms with Crippen LogP contribution in [0.25, 0.3) is 5.69 Å². The Morgan fingerprint density at radius 3 is 2.45 bits per heavy atom. The van der Waals surface area contributed by atoms with Crippen LogP contribution in [-0.2, 0) is 13.1 Å². The van der Waals surface area contributed by atoms with Crippen molar-refractivity contribution in [1.29, 1.82) is 0 Å². The highest BCUT2D eigenvalue weighted by Gasteiger charge is 2.22. The fourth-order valence-corrected chi connectivity index (χ4v) is 4.06. The molecule has 0 fully saturated rings. The van der Waals surface area contributed by atoms with E-state index in [1.54, 1.807) is 11.2 Å². The molecule has 1 amide bonds. The normalized spacial score (nSPS) is 11.1. The number of nitrogens with zero attached hydrogens (tertiary/aromatic N) is 4. The number of amides is 1. The summed E-state index contributed by atoms with van der Waals surface area (Å²) in [5.41, 5.74) is 6.77. The lowest BCUT2D eigenvalue weighted by Crippen LogP contribution is -2.27. The first-order chi connectivity index (χ1) is 14.9. The minimum absolute atomic E-state index is 0.00468. The minimum atomic E-state index is 0.00468. The van der Waals surface area contributed by atoms with E-state index in [4.69, 9.17) is 9.52 Å². The van der Waals surface area contributed by atoms with Crippen molar-refractivity contribution in [3.8, 4) is 5.69 Å². The maximum Gasteiger partial charge on any atom is 0.255 e. The number of benzene rings is 1. The van der Waals surface area contributed by atoms with Crippen molar-refractivity contribution < 1.29 is 9.21 Å². The number of hydrogen-bond donors (Lipinski definition) is 0. The predicted molar refractivity (Wildman–Crippen MR) is 121 cm³/mol. The molecule has 0 atom stereocenters. The van der Waals surface area contributed by atoms with Gasteiger partial charge in [0, 0.05) is 36.2 Å². The zero-order valence-electron chi connectivity index (χ0n) is 18.7. The van der Waals surface area contributed by atoms with Crippen molar-refractivity contribution >= 4 is 5.91 Å². The first-order valence-electron chi connectivity index (χ1n) is 10.4. The molecule has 4 aromatic rings. The molecule has 6 nitrogen and oxygen atoms in total. The van der Waals surface area contributed by atoms with E-state index in [0.717, 1.165) is 45.4 Å². The number of aryl methyl sites for hydroxylation is 2. The minimum Gasteiger partial charge on any atom is -0.467 e. The van der Waals surface area contributed by atoms with Crippen molar-refractivity contribution in [3.05, 3.63) is 94.5 Å². The van der Waals surface area contributed by atoms with Crippen molar-refractivity contribution in [2.45, 2.75) is 40.8 Å². The third kappa shape index (κ3) is 3.93. The van der Waals surface area contributed by atoms with E-state index in [0.29, 0.717) is 13.1 Å². The van der Waals surface area contributed by atoms with Gasteiger partial charge < -0.3 is 13.9 Å². The van der Waals surface area contributed by atoms with Gasteiger partial charge in [-0.2, -0.15) is 5.10 Å². The lowest BCUT2D eigenvalue weighted by molar-refractivity contribution is 0.0784. The average Bonchev–Trinajstić information content (AvgIpc) is 3.45. The number of aromatic nitrogens is 3. The molecule has 0 aliphatic carbocycles. The topological polar surface area (TPSA) is 56.2 Å². The molecule has 1 aromatic carbocycles. The Bertz CT molecular complexity index is 1200. The molecule has 160 valence electrons. The van der Waals surface area contributed by atoms with Gasteiger partial charge in [-0.05, 0) is 58.0 Å². The van der Waals surface area contributed by atoms with Crippen LogP contribution < -0.4 is 0 Å². The summed E-state index contributed by atoms with van der Waals surface area (Å²) in [4.78, 5) is 15.1. The Labute approximate surface area is 182 Å². The molecular formula is C25H28N4O2. The highest BCUT2D eigenvalue weighted by molar-refractivity contribution is 5.95. The van der Waals surface area contributed by atoms with Crippen LogP contribution in [0.15, 0.2) is 59.2 Å². The van der Waals surface area contributed by atoms with Gasteiger partial charge in [0.15, 0.2) is 0 Å². The first-order valence-corrected chi connectivity index (χ1v) is 10.4. The number of hydrogen-bond acceptors (Lipinski definition) is 3. The molecule has 31 heavy (non-hydrogen) atoms. The molecule has 0 aliphatic rings. The Balaban J connectivity index is 1.57. The molecule has 0 N–H and O–H groups in total. The molecule has 0 saturated carbocycles. The summed E-state index contributed by atoms with van der Waals surface area (Å²) in [5.74, 6) is 0.874. The van der Waals surface area contributed by atoms with E-state index in [1.165, 1.54) is 0 Å². The van der Waals surface area contributed by atoms with Gasteiger partial charge in [-0.1, -0.05) is 18.2 Å². The van der Waals surface area contributed by atoms with Crippen LogP contribution in [0.2, 0.25) is 0 Å². The smallest absolute Gasteiger partial charge is 0.255 e. The van der Waals surface area contributed by atoms with Gasteiger partial charge in [-0.25, -0.2) is 4.68 Å². The molecule has 3 aromatic heterocycles. The lowest BCUT2D eigenvalue weighted by Gasteiger charge is -2.18. The van der Waals surface area contributed by atoms with Crippen LogP contribution in [-0.4, -0.2) is 32.2 Å². The van der Waals surface area contributed by atoms with Gasteiger partial charge in [0.1, 0.15) is 5.76 Å². The van der Waals surface area contributed by atoms with E-state index in [1.807, 2.05) is 81.0 Å². The monoisotopic (exact) mass is 416 g/mol. The summed E-state index contributed by atoms with van der Waals surface area (Å²) in [6.45, 7) is 9.17. The van der Waals surface area contributed by atoms with Crippen molar-refractivity contribution in [3.63, 3.8) is 0 Å². The molecular weight excluding hydrogens is 388 g/mol. The number of rotatable bonds is 6. The molecule has 3 heterocycles. The van der Waals surface area contributed by atoms with Crippen LogP contribution in [0.3, 0.4) is 0 Å². The summed E-state index contributed by atoms with van der Waals surface area (Å²) in [5, 5.41) is 4.71. The zero-order valence-corrected chi connectivity index (χ0v) is 18.7. The average molecular weight is 417 g/mol. The Morgan fingerprint density at radius 2 is 1.77 bits per heavy atom. The molecule has 0 saturated heterocycles. The van der Waals surface area contributed by atoms with Gasteiger partial charge >= 0.3 is 0 Å². The van der Waals surface area contributed by atoms with E-state index >= 15 is 0 Å². The Morgan fingerprint density at radius 1 is 1.03 bits per heavy atom. The predicted octanol–water partition coefficient (Wildman–Crippen LogP) is 4.82. The molecule has 0 bridgehead atoms. The second kappa shape index (κ2) is 8.30. The van der Waals surface area contributed by atoms with Gasteiger partial charge in [-0.15, -0.1) is 0 Å². The van der Waals surface area contributed by atoms with Crippen molar-refractivity contribution in [2.24, 2.45) is 0 Å². The largest absolute Gasteiger partial charge is 0.467 e. The first kappa shape index (κ1) is 20.7. The van der Waals surface area contributed by atoms with Crippen LogP contribution in [0, 0.1) is 27.7 Å². The van der Waals surface area contributed by atoms with Crippen LogP contribution in [0.5, 0.6) is 0 Å². The molecule has 0 aliphatic heterocycles. The maximum atomic E-state index is 13.3. The highest BCUT2D eigenvalue weighted by atomic mass is 16.3. The third-order valence-electron chi connectivity index (χ3n) is 5.88. The maximum absolute atomic E-state index is 13.3. The van der Waals surface area contributed by atoms with Crippen molar-refractivity contribution in [2.75, 3.05) is 7.05 Å². The number of para-hydroxylation sites is 1. The van der Waals surface area contributed by atoms with Crippen molar-refractivity contribution in [1.82, 2.24) is 19.2 Å². The zero-order chi connectivity index (χ0) is 22.1. The number of carbonyl (C=O) groups is 1. The quantitative estimate of drug-likeness (QED) is 0.453. The summed E-state index contributed by atoms with van der Waals surface area (Å²) in [7, 11) is 1.85. The van der Waals surface area contributed by atoms with E-state index in [2.05, 4.69) is 11.5 Å². The van der Waals surface area contributed by atoms with E-state index < -0.39 is 0 Å². The van der Waals surface area contributed by atoms with Gasteiger partial charge in [-0.3, -0.25) is 4.79 Å². The Hall–Kier alpha value is -3.54. The van der Waals surface area contributed by atoms with E-state index in [-0.39, 0.29) is 5.91 Å². The second-order valence-electron chi connectivity index (χ2n) is 8.01. The number of furan rings is 1. The van der Waals surface area contributed by atoms with Gasteiger partial charge in [0.05, 0.1) is 29.8 Å². The van der Waals surface area contributed by atoms with Gasteiger partial charge in [0.25, 0.3) is 5.91 Å². The van der Waals surface area contributed by atoms with Gasteiger partial charge in [0.2, 0.25) is 0 Å². The fourth-order valence-electron chi connectivity index (χ4n) is 4.06. The Kier molecular flexibility index (Phi) is 5.55. The summed E-state index contributed by atoms with van der Waals surface area (Å²) >= 11 is 0. The van der Waals surface area contributed by atoms with Crippen LogP contribution in [0.4, 0.5) is 0 Å². The van der Waals surface area contributed by atoms with Crippen LogP contribution >= 0.6 is 0 Å². The summed E-state index contributed by atoms with van der Waals surface area (Å²) in [6, 6.07) is 15.8. The van der Waals surface area contributed by atoms with E-state index in [9.17, 15) is 4.79 Å². The fraction of sp³-hybridized carbons (Fsp3) is 0.280. The lowest BCUT2D eigenvalue weighted by atomic mass is 10.1. The SMILES string of the molecule is Cc1nn(-c2ccccc2)c(C)c1CN(C)C(=O)c1cc(C)n(Cc2ccco2)c1C. The highest BCUT2D eigenvalue weighted by Crippen LogP contribution is 2.22. The summed E-state index contributed by atoms with van der Waals surface area (Å²) in [6.07, 6.45) is 1.67.